The lowest BCUT2D eigenvalue weighted by Crippen LogP contribution is -2.33. The first-order chi connectivity index (χ1) is 7.60. The average Bonchev–Trinajstić information content (AvgIpc) is 2.22. The van der Waals surface area contributed by atoms with Gasteiger partial charge in [-0.05, 0) is 58.1 Å². The van der Waals surface area contributed by atoms with Crippen LogP contribution in [0.5, 0.6) is 0 Å². The molecule has 2 nitrogen and oxygen atoms in total. The van der Waals surface area contributed by atoms with Crippen LogP contribution in [0.3, 0.4) is 0 Å². The van der Waals surface area contributed by atoms with E-state index in [4.69, 9.17) is 0 Å². The molecule has 0 aromatic heterocycles. The molecule has 1 atom stereocenters. The van der Waals surface area contributed by atoms with E-state index in [1.807, 2.05) is 0 Å². The maximum Gasteiger partial charge on any atom is 0.0109 e. The topological polar surface area (TPSA) is 6.48 Å². The Balaban J connectivity index is 3.74. The van der Waals surface area contributed by atoms with Gasteiger partial charge >= 0.3 is 0 Å². The molecule has 0 aliphatic heterocycles. The van der Waals surface area contributed by atoms with Crippen molar-refractivity contribution in [2.75, 3.05) is 46.0 Å². The summed E-state index contributed by atoms with van der Waals surface area (Å²) in [6, 6.07) is 0. The second-order valence-corrected chi connectivity index (χ2v) is 5.50. The normalized spacial score (nSPS) is 13.7. The molecule has 0 rings (SSSR count). The fourth-order valence-electron chi connectivity index (χ4n) is 1.76. The second-order valence-electron chi connectivity index (χ2n) is 5.05. The van der Waals surface area contributed by atoms with Gasteiger partial charge < -0.3 is 9.80 Å². The average molecular weight is 246 g/mol. The Kier molecular flexibility index (Phi) is 10.6. The first kappa shape index (κ1) is 16.3. The second kappa shape index (κ2) is 10.4. The number of hydrogen-bond donors (Lipinski definition) is 1. The minimum atomic E-state index is 0.816. The summed E-state index contributed by atoms with van der Waals surface area (Å²) in [4.78, 5) is 4.86. The van der Waals surface area contributed by atoms with Crippen LogP contribution in [0.4, 0.5) is 0 Å². The fourth-order valence-corrected chi connectivity index (χ4v) is 2.20. The van der Waals surface area contributed by atoms with E-state index in [0.717, 1.165) is 11.7 Å². The van der Waals surface area contributed by atoms with Gasteiger partial charge in [0.1, 0.15) is 0 Å². The summed E-state index contributed by atoms with van der Waals surface area (Å²) in [5.74, 6) is 1.84. The van der Waals surface area contributed by atoms with E-state index in [0.29, 0.717) is 0 Å². The molecule has 1 unspecified atom stereocenters. The van der Waals surface area contributed by atoms with Crippen LogP contribution < -0.4 is 0 Å². The molecule has 0 spiro atoms. The van der Waals surface area contributed by atoms with Crippen LogP contribution >= 0.6 is 12.6 Å². The summed E-state index contributed by atoms with van der Waals surface area (Å²) < 4.78 is 0. The maximum atomic E-state index is 4.29. The first-order valence-corrected chi connectivity index (χ1v) is 7.21. The van der Waals surface area contributed by atoms with Gasteiger partial charge in [-0.2, -0.15) is 12.6 Å². The lowest BCUT2D eigenvalue weighted by Gasteiger charge is -2.24. The monoisotopic (exact) mass is 246 g/mol. The molecule has 0 aliphatic carbocycles. The zero-order valence-electron chi connectivity index (χ0n) is 11.6. The molecule has 0 amide bonds. The summed E-state index contributed by atoms with van der Waals surface area (Å²) in [5, 5.41) is 0. The van der Waals surface area contributed by atoms with Crippen LogP contribution in [0.2, 0.25) is 0 Å². The van der Waals surface area contributed by atoms with Crippen LogP contribution in [0.25, 0.3) is 0 Å². The van der Waals surface area contributed by atoms with Crippen molar-refractivity contribution in [2.24, 2.45) is 5.92 Å². The fraction of sp³-hybridized carbons (Fsp3) is 1.00. The Morgan fingerprint density at radius 3 is 2.19 bits per heavy atom. The number of thiol groups is 1. The standard InChI is InChI=1S/C13H30N2S/c1-5-8-15(11-10-14(3)4)9-6-13(2)7-12-16/h13,16H,5-12H2,1-4H3. The van der Waals surface area contributed by atoms with Crippen molar-refractivity contribution in [2.45, 2.75) is 33.1 Å². The predicted molar refractivity (Wildman–Crippen MR) is 77.5 cm³/mol. The molecule has 0 bridgehead atoms. The molecular weight excluding hydrogens is 216 g/mol. The lowest BCUT2D eigenvalue weighted by molar-refractivity contribution is 0.227. The molecule has 98 valence electrons. The Morgan fingerprint density at radius 1 is 1.00 bits per heavy atom. The van der Waals surface area contributed by atoms with Gasteiger partial charge in [0.15, 0.2) is 0 Å². The van der Waals surface area contributed by atoms with Gasteiger partial charge in [0.25, 0.3) is 0 Å². The minimum Gasteiger partial charge on any atom is -0.308 e. The molecular formula is C13H30N2S. The van der Waals surface area contributed by atoms with Crippen molar-refractivity contribution in [1.82, 2.24) is 9.80 Å². The summed E-state index contributed by atoms with van der Waals surface area (Å²) in [6.07, 6.45) is 3.82. The van der Waals surface area contributed by atoms with E-state index >= 15 is 0 Å². The number of hydrogen-bond acceptors (Lipinski definition) is 3. The molecule has 0 aromatic rings. The quantitative estimate of drug-likeness (QED) is 0.592. The first-order valence-electron chi connectivity index (χ1n) is 6.58. The Morgan fingerprint density at radius 2 is 1.69 bits per heavy atom. The molecule has 3 heteroatoms. The van der Waals surface area contributed by atoms with E-state index in [2.05, 4.69) is 50.4 Å². The van der Waals surface area contributed by atoms with E-state index in [9.17, 15) is 0 Å². The van der Waals surface area contributed by atoms with Crippen molar-refractivity contribution in [1.29, 1.82) is 0 Å². The van der Waals surface area contributed by atoms with Crippen LogP contribution in [-0.2, 0) is 0 Å². The van der Waals surface area contributed by atoms with Crippen molar-refractivity contribution < 1.29 is 0 Å². The molecule has 0 aliphatic rings. The number of likely N-dealkylation sites (N-methyl/N-ethyl adjacent to an activating group) is 1. The summed E-state index contributed by atoms with van der Waals surface area (Å²) in [7, 11) is 4.29. The van der Waals surface area contributed by atoms with Gasteiger partial charge in [-0.15, -0.1) is 0 Å². The Labute approximate surface area is 108 Å². The smallest absolute Gasteiger partial charge is 0.0109 e. The van der Waals surface area contributed by atoms with Gasteiger partial charge in [0, 0.05) is 13.1 Å². The molecule has 0 radical (unpaired) electrons. The molecule has 0 saturated heterocycles. The highest BCUT2D eigenvalue weighted by atomic mass is 32.1. The van der Waals surface area contributed by atoms with Crippen LogP contribution in [0.1, 0.15) is 33.1 Å². The third-order valence-corrected chi connectivity index (χ3v) is 3.22. The van der Waals surface area contributed by atoms with Gasteiger partial charge in [0.05, 0.1) is 0 Å². The van der Waals surface area contributed by atoms with E-state index < -0.39 is 0 Å². The zero-order chi connectivity index (χ0) is 12.4. The predicted octanol–water partition coefficient (Wildman–Crippen LogP) is 2.61. The van der Waals surface area contributed by atoms with Gasteiger partial charge in [-0.25, -0.2) is 0 Å². The molecule has 0 fully saturated rings. The van der Waals surface area contributed by atoms with Crippen molar-refractivity contribution in [3.63, 3.8) is 0 Å². The van der Waals surface area contributed by atoms with Crippen LogP contribution in [0, 0.1) is 5.92 Å². The SMILES string of the molecule is CCCN(CCC(C)CCS)CCN(C)C. The Hall–Kier alpha value is 0.270. The van der Waals surface area contributed by atoms with Crippen molar-refractivity contribution in [3.8, 4) is 0 Å². The van der Waals surface area contributed by atoms with Gasteiger partial charge in [-0.3, -0.25) is 0 Å². The summed E-state index contributed by atoms with van der Waals surface area (Å²) in [6.45, 7) is 9.46. The van der Waals surface area contributed by atoms with Crippen molar-refractivity contribution >= 4 is 12.6 Å². The van der Waals surface area contributed by atoms with E-state index in [-0.39, 0.29) is 0 Å². The molecule has 0 N–H and O–H groups in total. The molecule has 16 heavy (non-hydrogen) atoms. The van der Waals surface area contributed by atoms with Crippen LogP contribution in [0.15, 0.2) is 0 Å². The van der Waals surface area contributed by atoms with Crippen molar-refractivity contribution in [3.05, 3.63) is 0 Å². The largest absolute Gasteiger partial charge is 0.308 e. The zero-order valence-corrected chi connectivity index (χ0v) is 12.5. The molecule has 0 aromatic carbocycles. The number of nitrogens with zero attached hydrogens (tertiary/aromatic N) is 2. The maximum absolute atomic E-state index is 4.29. The highest BCUT2D eigenvalue weighted by Gasteiger charge is 2.07. The van der Waals surface area contributed by atoms with Gasteiger partial charge in [-0.1, -0.05) is 13.8 Å². The van der Waals surface area contributed by atoms with E-state index in [1.165, 1.54) is 45.4 Å². The summed E-state index contributed by atoms with van der Waals surface area (Å²) in [5.41, 5.74) is 0. The Bertz CT molecular complexity index is 151. The lowest BCUT2D eigenvalue weighted by atomic mass is 10.0. The highest BCUT2D eigenvalue weighted by Crippen LogP contribution is 2.09. The molecule has 0 heterocycles. The van der Waals surface area contributed by atoms with Gasteiger partial charge in [0.2, 0.25) is 0 Å². The third-order valence-electron chi connectivity index (χ3n) is 2.96. The third kappa shape index (κ3) is 9.49. The van der Waals surface area contributed by atoms with Crippen LogP contribution in [-0.4, -0.2) is 55.8 Å². The summed E-state index contributed by atoms with van der Waals surface area (Å²) >= 11 is 4.29. The highest BCUT2D eigenvalue weighted by molar-refractivity contribution is 7.80. The number of rotatable bonds is 10. The van der Waals surface area contributed by atoms with E-state index in [1.54, 1.807) is 0 Å². The minimum absolute atomic E-state index is 0.816. The molecule has 0 saturated carbocycles.